The van der Waals surface area contributed by atoms with E-state index in [2.05, 4.69) is 60.7 Å². The van der Waals surface area contributed by atoms with Crippen molar-refractivity contribution in [2.24, 2.45) is 5.41 Å². The number of amides is 2. The van der Waals surface area contributed by atoms with Crippen LogP contribution in [0.2, 0.25) is 0 Å². The molecule has 1 N–H and O–H groups in total. The van der Waals surface area contributed by atoms with E-state index in [4.69, 9.17) is 0 Å². The quantitative estimate of drug-likeness (QED) is 0.887. The first kappa shape index (κ1) is 18.3. The van der Waals surface area contributed by atoms with Gasteiger partial charge in [0.25, 0.3) is 0 Å². The highest BCUT2D eigenvalue weighted by atomic mass is 16.2. The molecule has 3 fully saturated rings. The number of nitriles is 1. The molecule has 0 radical (unpaired) electrons. The molecule has 0 unspecified atom stereocenters. The number of rotatable bonds is 4. The summed E-state index contributed by atoms with van der Waals surface area (Å²) in [5.74, 6) is 0. The minimum atomic E-state index is -0.315. The zero-order valence-electron chi connectivity index (χ0n) is 16.5. The van der Waals surface area contributed by atoms with E-state index >= 15 is 0 Å². The van der Waals surface area contributed by atoms with Crippen molar-refractivity contribution >= 4 is 6.03 Å². The number of nitrogens with zero attached hydrogens (tertiary/aromatic N) is 3. The van der Waals surface area contributed by atoms with Gasteiger partial charge in [-0.1, -0.05) is 36.8 Å². The van der Waals surface area contributed by atoms with Crippen molar-refractivity contribution in [3.8, 4) is 6.07 Å². The van der Waals surface area contributed by atoms with Gasteiger partial charge in [0.2, 0.25) is 0 Å². The van der Waals surface area contributed by atoms with E-state index in [0.29, 0.717) is 13.1 Å². The average molecular weight is 367 g/mol. The Morgan fingerprint density at radius 2 is 1.78 bits per heavy atom. The molecule has 3 aliphatic rings. The predicted molar refractivity (Wildman–Crippen MR) is 105 cm³/mol. The topological polar surface area (TPSA) is 59.4 Å². The summed E-state index contributed by atoms with van der Waals surface area (Å²) in [6, 6.07) is 13.3. The molecule has 0 atom stereocenters. The number of carbonyl (C=O) groups excluding carboxylic acids is 1. The van der Waals surface area contributed by atoms with Crippen molar-refractivity contribution in [3.63, 3.8) is 0 Å². The summed E-state index contributed by atoms with van der Waals surface area (Å²) in [4.78, 5) is 17.0. The fourth-order valence-electron chi connectivity index (χ4n) is 5.42. The molecule has 5 heteroatoms. The molecule has 1 aliphatic heterocycles. The van der Waals surface area contributed by atoms with Gasteiger partial charge in [0.1, 0.15) is 0 Å². The van der Waals surface area contributed by atoms with Gasteiger partial charge in [-0.05, 0) is 58.2 Å². The molecule has 1 aromatic carbocycles. The standard InChI is InChI=1S/C22H30N4O/c1-25(2)22(18-7-4-3-5-8-18)13-11-21(12-14-22)16-24-19(27)26(21)17-20(15-23)9-6-10-20/h3-5,7-8H,6,9-14,16-17H2,1-2H3,(H,24,27)/t21-,22-. The van der Waals surface area contributed by atoms with Crippen molar-refractivity contribution in [2.45, 2.75) is 56.0 Å². The van der Waals surface area contributed by atoms with Crippen molar-refractivity contribution in [1.29, 1.82) is 5.26 Å². The van der Waals surface area contributed by atoms with Crippen LogP contribution in [0.5, 0.6) is 0 Å². The maximum Gasteiger partial charge on any atom is 0.318 e. The smallest absolute Gasteiger partial charge is 0.318 e. The van der Waals surface area contributed by atoms with Gasteiger partial charge in [-0.2, -0.15) is 5.26 Å². The Balaban J connectivity index is 1.57. The summed E-state index contributed by atoms with van der Waals surface area (Å²) in [6.45, 7) is 1.31. The van der Waals surface area contributed by atoms with Crippen molar-refractivity contribution in [2.75, 3.05) is 27.2 Å². The Hall–Kier alpha value is -2.06. The molecule has 0 aromatic heterocycles. The maximum absolute atomic E-state index is 12.6. The minimum Gasteiger partial charge on any atom is -0.336 e. The summed E-state index contributed by atoms with van der Waals surface area (Å²) < 4.78 is 0. The lowest BCUT2D eigenvalue weighted by Crippen LogP contribution is -2.57. The largest absolute Gasteiger partial charge is 0.336 e. The van der Waals surface area contributed by atoms with Crippen molar-refractivity contribution in [1.82, 2.24) is 15.1 Å². The molecule has 1 aromatic rings. The molecule has 2 aliphatic carbocycles. The van der Waals surface area contributed by atoms with Crippen LogP contribution in [-0.2, 0) is 5.54 Å². The Bertz CT molecular complexity index is 739. The number of hydrogen-bond donors (Lipinski definition) is 1. The summed E-state index contributed by atoms with van der Waals surface area (Å²) >= 11 is 0. The second-order valence-corrected chi connectivity index (χ2v) is 9.01. The summed E-state index contributed by atoms with van der Waals surface area (Å²) in [5, 5.41) is 12.7. The van der Waals surface area contributed by atoms with Crippen LogP contribution in [0.3, 0.4) is 0 Å². The van der Waals surface area contributed by atoms with Gasteiger partial charge in [0.15, 0.2) is 0 Å². The third-order valence-electron chi connectivity index (χ3n) is 7.57. The van der Waals surface area contributed by atoms with E-state index in [0.717, 1.165) is 44.9 Å². The second-order valence-electron chi connectivity index (χ2n) is 9.01. The number of hydrogen-bond acceptors (Lipinski definition) is 3. The van der Waals surface area contributed by atoms with E-state index in [-0.39, 0.29) is 22.5 Å². The van der Waals surface area contributed by atoms with E-state index in [9.17, 15) is 10.1 Å². The van der Waals surface area contributed by atoms with Crippen LogP contribution in [-0.4, -0.2) is 48.6 Å². The van der Waals surface area contributed by atoms with Crippen molar-refractivity contribution in [3.05, 3.63) is 35.9 Å². The van der Waals surface area contributed by atoms with Crippen LogP contribution in [0.15, 0.2) is 30.3 Å². The van der Waals surface area contributed by atoms with Crippen LogP contribution in [0.25, 0.3) is 0 Å². The molecule has 5 nitrogen and oxygen atoms in total. The Morgan fingerprint density at radius 3 is 2.30 bits per heavy atom. The van der Waals surface area contributed by atoms with Crippen molar-refractivity contribution < 1.29 is 4.79 Å². The van der Waals surface area contributed by atoms with Gasteiger partial charge in [-0.15, -0.1) is 0 Å². The molecule has 1 saturated heterocycles. The van der Waals surface area contributed by atoms with Gasteiger partial charge in [0.05, 0.1) is 17.0 Å². The molecule has 4 rings (SSSR count). The van der Waals surface area contributed by atoms with E-state index in [1.54, 1.807) is 0 Å². The lowest BCUT2D eigenvalue weighted by molar-refractivity contribution is 0.00812. The van der Waals surface area contributed by atoms with Gasteiger partial charge < -0.3 is 10.2 Å². The highest BCUT2D eigenvalue weighted by molar-refractivity contribution is 5.78. The van der Waals surface area contributed by atoms with Crippen LogP contribution in [0, 0.1) is 16.7 Å². The third-order valence-corrected chi connectivity index (χ3v) is 7.57. The van der Waals surface area contributed by atoms with Gasteiger partial charge in [-0.3, -0.25) is 4.90 Å². The molecule has 1 heterocycles. The van der Waals surface area contributed by atoms with Crippen LogP contribution in [0.4, 0.5) is 4.79 Å². The van der Waals surface area contributed by atoms with E-state index in [1.165, 1.54) is 5.56 Å². The first-order valence-electron chi connectivity index (χ1n) is 10.2. The molecule has 2 saturated carbocycles. The summed E-state index contributed by atoms with van der Waals surface area (Å²) in [6.07, 6.45) is 6.95. The maximum atomic E-state index is 12.6. The lowest BCUT2D eigenvalue weighted by atomic mass is 9.66. The molecule has 1 spiro atoms. The molecular formula is C22H30N4O. The van der Waals surface area contributed by atoms with Gasteiger partial charge in [-0.25, -0.2) is 4.79 Å². The van der Waals surface area contributed by atoms with Crippen LogP contribution in [0.1, 0.15) is 50.5 Å². The average Bonchev–Trinajstić information content (AvgIpc) is 2.95. The Labute approximate surface area is 162 Å². The van der Waals surface area contributed by atoms with E-state index < -0.39 is 0 Å². The second kappa shape index (κ2) is 6.53. The summed E-state index contributed by atoms with van der Waals surface area (Å²) in [5.41, 5.74) is 0.934. The molecule has 0 bridgehead atoms. The van der Waals surface area contributed by atoms with Crippen LogP contribution < -0.4 is 5.32 Å². The fraction of sp³-hybridized carbons (Fsp3) is 0.636. The molecule has 144 valence electrons. The van der Waals surface area contributed by atoms with Gasteiger partial charge >= 0.3 is 6.03 Å². The minimum absolute atomic E-state index is 0.0210. The monoisotopic (exact) mass is 366 g/mol. The first-order chi connectivity index (χ1) is 13.0. The molecule has 27 heavy (non-hydrogen) atoms. The SMILES string of the molecule is CN(C)[C@]1(c2ccccc2)CC[C@@]2(CC1)CNC(=O)N2CC1(C#N)CCC1. The zero-order valence-corrected chi connectivity index (χ0v) is 16.5. The predicted octanol–water partition coefficient (Wildman–Crippen LogP) is 3.48. The van der Waals surface area contributed by atoms with Gasteiger partial charge in [0, 0.05) is 18.6 Å². The number of urea groups is 1. The lowest BCUT2D eigenvalue weighted by Gasteiger charge is -2.52. The highest BCUT2D eigenvalue weighted by Crippen LogP contribution is 2.49. The fourth-order valence-corrected chi connectivity index (χ4v) is 5.42. The third kappa shape index (κ3) is 2.82. The number of nitrogens with one attached hydrogen (secondary N) is 1. The molecular weight excluding hydrogens is 336 g/mol. The number of carbonyl (C=O) groups is 1. The van der Waals surface area contributed by atoms with Crippen LogP contribution >= 0.6 is 0 Å². The normalized spacial score (nSPS) is 32.2. The Kier molecular flexibility index (Phi) is 4.43. The highest BCUT2D eigenvalue weighted by Gasteiger charge is 2.54. The number of benzene rings is 1. The first-order valence-corrected chi connectivity index (χ1v) is 10.2. The zero-order chi connectivity index (χ0) is 19.1. The Morgan fingerprint density at radius 1 is 1.11 bits per heavy atom. The summed E-state index contributed by atoms with van der Waals surface area (Å²) in [7, 11) is 4.33. The molecule has 2 amide bonds. The van der Waals surface area contributed by atoms with E-state index in [1.807, 2.05) is 4.90 Å².